The van der Waals surface area contributed by atoms with E-state index in [0.717, 1.165) is 31.2 Å². The number of hydrogen-bond donors (Lipinski definition) is 1. The Bertz CT molecular complexity index is 659. The van der Waals surface area contributed by atoms with Gasteiger partial charge in [0, 0.05) is 48.1 Å². The summed E-state index contributed by atoms with van der Waals surface area (Å²) in [5.41, 5.74) is 0.726. The van der Waals surface area contributed by atoms with Crippen LogP contribution in [-0.2, 0) is 4.79 Å². The number of piperidine rings is 2. The van der Waals surface area contributed by atoms with E-state index in [2.05, 4.69) is 5.32 Å². The highest BCUT2D eigenvalue weighted by atomic mass is 35.5. The van der Waals surface area contributed by atoms with Gasteiger partial charge < -0.3 is 10.2 Å². The van der Waals surface area contributed by atoms with Crippen molar-refractivity contribution in [2.75, 3.05) is 13.1 Å². The van der Waals surface area contributed by atoms with Gasteiger partial charge in [0.2, 0.25) is 5.91 Å². The second-order valence-corrected chi connectivity index (χ2v) is 8.64. The molecule has 0 radical (unpaired) electrons. The van der Waals surface area contributed by atoms with E-state index in [1.165, 1.54) is 12.8 Å². The molecule has 1 aromatic rings. The van der Waals surface area contributed by atoms with Crippen molar-refractivity contribution in [3.05, 3.63) is 34.9 Å². The molecule has 2 bridgehead atoms. The summed E-state index contributed by atoms with van der Waals surface area (Å²) in [6.45, 7) is 1.42. The minimum absolute atomic E-state index is 0. The number of nitrogens with zero attached hydrogens (tertiary/aromatic N) is 1. The van der Waals surface area contributed by atoms with Crippen molar-refractivity contribution in [2.24, 2.45) is 11.8 Å². The first-order valence-electron chi connectivity index (χ1n) is 9.92. The van der Waals surface area contributed by atoms with Gasteiger partial charge in [0.05, 0.1) is 0 Å². The fraction of sp³-hybridized carbons (Fsp3) is 0.619. The third-order valence-corrected chi connectivity index (χ3v) is 6.63. The summed E-state index contributed by atoms with van der Waals surface area (Å²) < 4.78 is 0. The predicted octanol–water partition coefficient (Wildman–Crippen LogP) is 4.10. The fourth-order valence-corrected chi connectivity index (χ4v) is 5.08. The number of amides is 1. The molecule has 2 atom stereocenters. The van der Waals surface area contributed by atoms with E-state index in [1.54, 1.807) is 24.3 Å². The SMILES string of the molecule is Cl.O=C(c1ccc(Cl)cc1)C1CCN(C(=O)CC2CC3CCC(C2)N3)CC1. The van der Waals surface area contributed by atoms with E-state index in [-0.39, 0.29) is 30.0 Å². The van der Waals surface area contributed by atoms with E-state index in [1.807, 2.05) is 4.90 Å². The first kappa shape index (κ1) is 20.6. The van der Waals surface area contributed by atoms with Crippen LogP contribution in [0.25, 0.3) is 0 Å². The van der Waals surface area contributed by atoms with Crippen LogP contribution in [0.4, 0.5) is 0 Å². The van der Waals surface area contributed by atoms with Crippen molar-refractivity contribution >= 4 is 35.7 Å². The number of rotatable bonds is 4. The van der Waals surface area contributed by atoms with Crippen molar-refractivity contribution in [3.63, 3.8) is 0 Å². The molecular weight excluding hydrogens is 383 g/mol. The summed E-state index contributed by atoms with van der Waals surface area (Å²) in [6.07, 6.45) is 7.06. The summed E-state index contributed by atoms with van der Waals surface area (Å²) in [4.78, 5) is 27.3. The number of benzene rings is 1. The lowest BCUT2D eigenvalue weighted by Gasteiger charge is -2.34. The Morgan fingerprint density at radius 2 is 1.59 bits per heavy atom. The van der Waals surface area contributed by atoms with Crippen molar-refractivity contribution in [1.29, 1.82) is 0 Å². The van der Waals surface area contributed by atoms with E-state index in [0.29, 0.717) is 42.5 Å². The van der Waals surface area contributed by atoms with Gasteiger partial charge in [-0.15, -0.1) is 12.4 Å². The molecule has 3 aliphatic heterocycles. The summed E-state index contributed by atoms with van der Waals surface area (Å²) in [7, 11) is 0. The quantitative estimate of drug-likeness (QED) is 0.759. The second-order valence-electron chi connectivity index (χ2n) is 8.21. The number of carbonyl (C=O) groups is 2. The highest BCUT2D eigenvalue weighted by Crippen LogP contribution is 2.33. The number of halogens is 2. The molecule has 0 saturated carbocycles. The molecule has 4 nitrogen and oxygen atoms in total. The monoisotopic (exact) mass is 410 g/mol. The molecule has 3 saturated heterocycles. The first-order chi connectivity index (χ1) is 12.6. The number of ketones is 1. The summed E-state index contributed by atoms with van der Waals surface area (Å²) >= 11 is 5.90. The third kappa shape index (κ3) is 4.85. The zero-order valence-electron chi connectivity index (χ0n) is 15.5. The maximum atomic E-state index is 12.7. The molecule has 0 aromatic heterocycles. The smallest absolute Gasteiger partial charge is 0.222 e. The average Bonchev–Trinajstić information content (AvgIpc) is 3.00. The lowest BCUT2D eigenvalue weighted by Crippen LogP contribution is -2.43. The Balaban J connectivity index is 0.00000210. The van der Waals surface area contributed by atoms with Crippen molar-refractivity contribution in [1.82, 2.24) is 10.2 Å². The van der Waals surface area contributed by atoms with Crippen LogP contribution in [0.5, 0.6) is 0 Å². The van der Waals surface area contributed by atoms with Crippen LogP contribution < -0.4 is 5.32 Å². The lowest BCUT2D eigenvalue weighted by molar-refractivity contribution is -0.133. The van der Waals surface area contributed by atoms with Crippen molar-refractivity contribution in [3.8, 4) is 0 Å². The topological polar surface area (TPSA) is 49.4 Å². The van der Waals surface area contributed by atoms with Gasteiger partial charge >= 0.3 is 0 Å². The average molecular weight is 411 g/mol. The molecule has 1 amide bonds. The lowest BCUT2D eigenvalue weighted by atomic mass is 9.87. The summed E-state index contributed by atoms with van der Waals surface area (Å²) in [5.74, 6) is 1.03. The van der Waals surface area contributed by atoms with E-state index < -0.39 is 0 Å². The highest BCUT2D eigenvalue weighted by Gasteiger charge is 2.35. The van der Waals surface area contributed by atoms with Gasteiger partial charge in [0.1, 0.15) is 0 Å². The molecule has 2 unspecified atom stereocenters. The summed E-state index contributed by atoms with van der Waals surface area (Å²) in [6, 6.07) is 8.39. The predicted molar refractivity (Wildman–Crippen MR) is 110 cm³/mol. The van der Waals surface area contributed by atoms with Gasteiger partial charge in [-0.25, -0.2) is 0 Å². The van der Waals surface area contributed by atoms with Crippen LogP contribution in [-0.4, -0.2) is 41.8 Å². The normalized spacial score (nSPS) is 27.9. The standard InChI is InChI=1S/C21H27ClN2O2.ClH/c22-17-3-1-15(2-4-17)21(26)16-7-9-24(10-8-16)20(25)13-14-11-18-5-6-19(12-14)23-18;/h1-4,14,16,18-19,23H,5-13H2;1H. The first-order valence-corrected chi connectivity index (χ1v) is 10.3. The minimum atomic E-state index is 0. The molecule has 6 heteroatoms. The van der Waals surface area contributed by atoms with E-state index >= 15 is 0 Å². The van der Waals surface area contributed by atoms with Crippen LogP contribution >= 0.6 is 24.0 Å². The van der Waals surface area contributed by atoms with Crippen LogP contribution in [0.1, 0.15) is 55.3 Å². The number of hydrogen-bond acceptors (Lipinski definition) is 3. The number of fused-ring (bicyclic) bond motifs is 2. The molecular formula is C21H28Cl2N2O2. The molecule has 3 aliphatic rings. The van der Waals surface area contributed by atoms with Crippen LogP contribution in [0, 0.1) is 11.8 Å². The Morgan fingerprint density at radius 3 is 2.19 bits per heavy atom. The van der Waals surface area contributed by atoms with Gasteiger partial charge in [-0.1, -0.05) is 11.6 Å². The number of likely N-dealkylation sites (tertiary alicyclic amines) is 1. The molecule has 3 fully saturated rings. The Kier molecular flexibility index (Phi) is 6.83. The summed E-state index contributed by atoms with van der Waals surface area (Å²) in [5, 5.41) is 4.29. The van der Waals surface area contributed by atoms with Crippen molar-refractivity contribution in [2.45, 2.75) is 57.0 Å². The van der Waals surface area contributed by atoms with E-state index in [9.17, 15) is 9.59 Å². The molecule has 3 heterocycles. The van der Waals surface area contributed by atoms with Crippen LogP contribution in [0.15, 0.2) is 24.3 Å². The van der Waals surface area contributed by atoms with Crippen molar-refractivity contribution < 1.29 is 9.59 Å². The maximum Gasteiger partial charge on any atom is 0.222 e. The van der Waals surface area contributed by atoms with Gasteiger partial charge in [-0.05, 0) is 68.7 Å². The molecule has 27 heavy (non-hydrogen) atoms. The highest BCUT2D eigenvalue weighted by molar-refractivity contribution is 6.30. The number of nitrogens with one attached hydrogen (secondary N) is 1. The Morgan fingerprint density at radius 1 is 1.00 bits per heavy atom. The number of carbonyl (C=O) groups excluding carboxylic acids is 2. The Hall–Kier alpha value is -1.10. The third-order valence-electron chi connectivity index (χ3n) is 6.38. The van der Waals surface area contributed by atoms with Gasteiger partial charge in [0.15, 0.2) is 5.78 Å². The van der Waals surface area contributed by atoms with Gasteiger partial charge in [-0.3, -0.25) is 9.59 Å². The molecule has 148 valence electrons. The maximum absolute atomic E-state index is 12.7. The van der Waals surface area contributed by atoms with Crippen LogP contribution in [0.3, 0.4) is 0 Å². The minimum Gasteiger partial charge on any atom is -0.343 e. The largest absolute Gasteiger partial charge is 0.343 e. The zero-order valence-corrected chi connectivity index (χ0v) is 17.1. The van der Waals surface area contributed by atoms with Gasteiger partial charge in [0.25, 0.3) is 0 Å². The molecule has 1 N–H and O–H groups in total. The molecule has 0 spiro atoms. The second kappa shape index (κ2) is 8.93. The Labute approximate surface area is 172 Å². The molecule has 0 aliphatic carbocycles. The number of Topliss-reactive ketones (excluding diaryl/α,β-unsaturated/α-hetero) is 1. The van der Waals surface area contributed by atoms with Gasteiger partial charge in [-0.2, -0.15) is 0 Å². The molecule has 1 aromatic carbocycles. The molecule has 4 rings (SSSR count). The zero-order chi connectivity index (χ0) is 18.1. The fourth-order valence-electron chi connectivity index (χ4n) is 4.96. The van der Waals surface area contributed by atoms with E-state index in [4.69, 9.17) is 11.6 Å². The van der Waals surface area contributed by atoms with Crippen LogP contribution in [0.2, 0.25) is 5.02 Å².